The van der Waals surface area contributed by atoms with Gasteiger partial charge in [0, 0.05) is 0 Å². The second-order valence-corrected chi connectivity index (χ2v) is 3.88. The van der Waals surface area contributed by atoms with E-state index in [9.17, 15) is 4.79 Å². The third-order valence-electron chi connectivity index (χ3n) is 0.662. The Hall–Kier alpha value is 0.170. The molecule has 2 nitrogen and oxygen atoms in total. The maximum absolute atomic E-state index is 10.7. The average molecular weight is 166 g/mol. The quantitative estimate of drug-likeness (QED) is 0.365. The Morgan fingerprint density at radius 1 is 1.67 bits per heavy atom. The first kappa shape index (κ1) is 9.17. The summed E-state index contributed by atoms with van der Waals surface area (Å²) in [7, 11) is 0. The van der Waals surface area contributed by atoms with Gasteiger partial charge in [-0.15, -0.1) is 0 Å². The van der Waals surface area contributed by atoms with Gasteiger partial charge in [0.2, 0.25) is 0 Å². The van der Waals surface area contributed by atoms with Gasteiger partial charge < -0.3 is 4.74 Å². The van der Waals surface area contributed by atoms with Crippen molar-refractivity contribution in [2.75, 3.05) is 6.61 Å². The van der Waals surface area contributed by atoms with E-state index in [0.29, 0.717) is 6.61 Å². The summed E-state index contributed by atoms with van der Waals surface area (Å²) in [4.78, 5) is 10.7. The minimum Gasteiger partial charge on any atom is -0.464 e. The minimum atomic E-state index is -0.962. The van der Waals surface area contributed by atoms with Crippen LogP contribution < -0.4 is 0 Å². The van der Waals surface area contributed by atoms with Gasteiger partial charge in [-0.25, -0.2) is 4.79 Å². The van der Waals surface area contributed by atoms with Gasteiger partial charge in [0.05, 0.1) is 6.61 Å². The molecule has 0 fully saturated rings. The predicted molar refractivity (Wildman–Crippen MR) is 43.0 cm³/mol. The maximum Gasteiger partial charge on any atom is 0.331 e. The molecule has 0 unspecified atom stereocenters. The van der Waals surface area contributed by atoms with Crippen LogP contribution in [0.4, 0.5) is 0 Å². The van der Waals surface area contributed by atoms with Crippen LogP contribution in [0.2, 0.25) is 0 Å². The van der Waals surface area contributed by atoms with Crippen molar-refractivity contribution in [2.45, 2.75) is 17.9 Å². The van der Waals surface area contributed by atoms with E-state index in [0.717, 1.165) is 0 Å². The van der Waals surface area contributed by atoms with Gasteiger partial charge in [0.15, 0.2) is 4.08 Å². The Morgan fingerprint density at radius 2 is 2.11 bits per heavy atom. The molecule has 0 atom stereocenters. The number of carbonyl (C=O) groups is 1. The Morgan fingerprint density at radius 3 is 2.22 bits per heavy atom. The van der Waals surface area contributed by atoms with Crippen LogP contribution in [0.5, 0.6) is 0 Å². The lowest BCUT2D eigenvalue weighted by Crippen LogP contribution is -2.24. The highest BCUT2D eigenvalue weighted by Gasteiger charge is 2.24. The van der Waals surface area contributed by atoms with E-state index >= 15 is 0 Å². The number of hydrogen-bond acceptors (Lipinski definition) is 4. The minimum absolute atomic E-state index is 0.371. The van der Waals surface area contributed by atoms with Gasteiger partial charge in [-0.3, -0.25) is 0 Å². The van der Waals surface area contributed by atoms with E-state index in [2.05, 4.69) is 30.0 Å². The van der Waals surface area contributed by atoms with E-state index in [1.807, 2.05) is 0 Å². The smallest absolute Gasteiger partial charge is 0.331 e. The highest BCUT2D eigenvalue weighted by Crippen LogP contribution is 2.19. The molecule has 0 aliphatic carbocycles. The van der Waals surface area contributed by atoms with E-state index < -0.39 is 10.0 Å². The number of ether oxygens (including phenoxy) is 1. The fourth-order valence-electron chi connectivity index (χ4n) is 0.268. The topological polar surface area (TPSA) is 26.3 Å². The molecular weight excluding hydrogens is 156 g/mol. The number of thiol groups is 2. The van der Waals surface area contributed by atoms with Crippen LogP contribution in [-0.2, 0) is 9.53 Å². The standard InChI is InChI=1S/C5H10O2S2/c1-3-7-4(6)5(2,8)9/h8-9H,3H2,1-2H3. The molecule has 0 aromatic rings. The summed E-state index contributed by atoms with van der Waals surface area (Å²) in [6.45, 7) is 3.68. The molecule has 0 radical (unpaired) electrons. The number of esters is 1. The fraction of sp³-hybridized carbons (Fsp3) is 0.800. The van der Waals surface area contributed by atoms with Crippen molar-refractivity contribution < 1.29 is 9.53 Å². The van der Waals surface area contributed by atoms with Crippen LogP contribution in [0.25, 0.3) is 0 Å². The molecule has 0 aliphatic heterocycles. The summed E-state index contributed by atoms with van der Waals surface area (Å²) in [5.74, 6) is -0.406. The van der Waals surface area contributed by atoms with E-state index in [-0.39, 0.29) is 0 Å². The molecule has 0 aromatic carbocycles. The summed E-state index contributed by atoms with van der Waals surface area (Å²) in [6, 6.07) is 0. The zero-order valence-corrected chi connectivity index (χ0v) is 7.21. The lowest BCUT2D eigenvalue weighted by Gasteiger charge is -2.13. The largest absolute Gasteiger partial charge is 0.464 e. The lowest BCUT2D eigenvalue weighted by atomic mass is 10.5. The summed E-state index contributed by atoms with van der Waals surface area (Å²) >= 11 is 7.75. The first-order valence-corrected chi connectivity index (χ1v) is 3.50. The Balaban J connectivity index is 3.74. The molecule has 0 amide bonds. The summed E-state index contributed by atoms with van der Waals surface area (Å²) in [6.07, 6.45) is 0. The van der Waals surface area contributed by atoms with Crippen LogP contribution >= 0.6 is 25.3 Å². The first-order valence-electron chi connectivity index (χ1n) is 2.60. The molecule has 0 saturated carbocycles. The van der Waals surface area contributed by atoms with E-state index in [4.69, 9.17) is 0 Å². The molecule has 54 valence electrons. The first-order chi connectivity index (χ1) is 3.98. The van der Waals surface area contributed by atoms with Crippen LogP contribution in [-0.4, -0.2) is 16.7 Å². The van der Waals surface area contributed by atoms with Crippen molar-refractivity contribution in [1.29, 1.82) is 0 Å². The second-order valence-electron chi connectivity index (χ2n) is 1.74. The average Bonchev–Trinajstić information content (AvgIpc) is 1.64. The van der Waals surface area contributed by atoms with Gasteiger partial charge in [0.1, 0.15) is 0 Å². The highest BCUT2D eigenvalue weighted by molar-refractivity contribution is 8.01. The van der Waals surface area contributed by atoms with Gasteiger partial charge >= 0.3 is 5.97 Å². The highest BCUT2D eigenvalue weighted by atomic mass is 32.2. The predicted octanol–water partition coefficient (Wildman–Crippen LogP) is 1.13. The molecule has 0 saturated heterocycles. The lowest BCUT2D eigenvalue weighted by molar-refractivity contribution is -0.142. The molecule has 0 bridgehead atoms. The zero-order chi connectivity index (χ0) is 7.49. The Kier molecular flexibility index (Phi) is 3.43. The van der Waals surface area contributed by atoms with Crippen LogP contribution in [0.1, 0.15) is 13.8 Å². The molecular formula is C5H10O2S2. The molecule has 0 heterocycles. The Labute approximate surface area is 65.8 Å². The second kappa shape index (κ2) is 3.37. The van der Waals surface area contributed by atoms with Crippen molar-refractivity contribution in [1.82, 2.24) is 0 Å². The van der Waals surface area contributed by atoms with Crippen molar-refractivity contribution in [3.63, 3.8) is 0 Å². The molecule has 0 aliphatic rings. The summed E-state index contributed by atoms with van der Waals surface area (Å²) < 4.78 is 3.65. The molecule has 0 rings (SSSR count). The van der Waals surface area contributed by atoms with Gasteiger partial charge in [-0.05, 0) is 13.8 Å². The fourth-order valence-corrected chi connectivity index (χ4v) is 0.397. The van der Waals surface area contributed by atoms with Crippen LogP contribution in [0, 0.1) is 0 Å². The zero-order valence-electron chi connectivity index (χ0n) is 5.42. The third-order valence-corrected chi connectivity index (χ3v) is 1.03. The molecule has 0 aromatic heterocycles. The maximum atomic E-state index is 10.7. The van der Waals surface area contributed by atoms with Gasteiger partial charge in [-0.2, -0.15) is 25.3 Å². The summed E-state index contributed by atoms with van der Waals surface area (Å²) in [5.41, 5.74) is 0. The van der Waals surface area contributed by atoms with E-state index in [1.165, 1.54) is 0 Å². The molecule has 9 heavy (non-hydrogen) atoms. The Bertz CT molecular complexity index is 106. The van der Waals surface area contributed by atoms with Crippen molar-refractivity contribution in [2.24, 2.45) is 0 Å². The van der Waals surface area contributed by atoms with Gasteiger partial charge in [-0.1, -0.05) is 0 Å². The van der Waals surface area contributed by atoms with Crippen molar-refractivity contribution in [3.05, 3.63) is 0 Å². The van der Waals surface area contributed by atoms with E-state index in [1.54, 1.807) is 13.8 Å². The van der Waals surface area contributed by atoms with Gasteiger partial charge in [0.25, 0.3) is 0 Å². The SMILES string of the molecule is CCOC(=O)C(C)(S)S. The number of carbonyl (C=O) groups excluding carboxylic acids is 1. The molecule has 0 N–H and O–H groups in total. The van der Waals surface area contributed by atoms with Crippen LogP contribution in [0.3, 0.4) is 0 Å². The normalized spacial score (nSPS) is 11.1. The summed E-state index contributed by atoms with van der Waals surface area (Å²) in [5, 5.41) is 0. The van der Waals surface area contributed by atoms with Crippen molar-refractivity contribution >= 4 is 31.2 Å². The third kappa shape index (κ3) is 3.70. The van der Waals surface area contributed by atoms with Crippen LogP contribution in [0.15, 0.2) is 0 Å². The number of rotatable bonds is 2. The monoisotopic (exact) mass is 166 g/mol. The molecule has 0 spiro atoms. The molecule has 4 heteroatoms. The van der Waals surface area contributed by atoms with Crippen molar-refractivity contribution in [3.8, 4) is 0 Å². The number of hydrogen-bond donors (Lipinski definition) is 2.